The van der Waals surface area contributed by atoms with Gasteiger partial charge in [0, 0.05) is 37.3 Å². The van der Waals surface area contributed by atoms with Crippen molar-refractivity contribution in [1.29, 1.82) is 0 Å². The fraction of sp³-hybridized carbons (Fsp3) is 0.391. The number of ether oxygens (including phenoxy) is 2. The Balaban J connectivity index is 1.52. The van der Waals surface area contributed by atoms with Crippen molar-refractivity contribution in [1.82, 2.24) is 10.2 Å². The van der Waals surface area contributed by atoms with Crippen molar-refractivity contribution in [2.75, 3.05) is 32.7 Å². The summed E-state index contributed by atoms with van der Waals surface area (Å²) < 4.78 is 10.6. The van der Waals surface area contributed by atoms with Crippen molar-refractivity contribution in [2.24, 2.45) is 0 Å². The van der Waals surface area contributed by atoms with Crippen LogP contribution in [0.25, 0.3) is 0 Å². The molecule has 2 aliphatic heterocycles. The van der Waals surface area contributed by atoms with E-state index in [1.165, 1.54) is 0 Å². The molecule has 2 aromatic rings. The van der Waals surface area contributed by atoms with Crippen molar-refractivity contribution >= 4 is 17.5 Å². The van der Waals surface area contributed by atoms with Crippen LogP contribution in [0.1, 0.15) is 45.5 Å². The van der Waals surface area contributed by atoms with E-state index in [2.05, 4.69) is 10.2 Å². The second-order valence-electron chi connectivity index (χ2n) is 7.68. The molecule has 158 valence electrons. The first-order chi connectivity index (χ1) is 14.5. The second kappa shape index (κ2) is 8.26. The summed E-state index contributed by atoms with van der Waals surface area (Å²) in [5, 5.41) is 2.94. The molecule has 0 aromatic heterocycles. The highest BCUT2D eigenvalue weighted by atomic mass is 16.5. The van der Waals surface area contributed by atoms with E-state index in [9.17, 15) is 9.59 Å². The van der Waals surface area contributed by atoms with E-state index in [0.29, 0.717) is 29.2 Å². The maximum absolute atomic E-state index is 12.9. The molecule has 0 saturated carbocycles. The van der Waals surface area contributed by atoms with Gasteiger partial charge in [0.15, 0.2) is 0 Å². The molecule has 7 heteroatoms. The number of hydrogen-bond acceptors (Lipinski definition) is 5. The zero-order valence-electron chi connectivity index (χ0n) is 17.6. The van der Waals surface area contributed by atoms with Crippen LogP contribution >= 0.6 is 0 Å². The molecular weight excluding hydrogens is 382 g/mol. The minimum absolute atomic E-state index is 0.0581. The van der Waals surface area contributed by atoms with Crippen LogP contribution in [-0.4, -0.2) is 50.7 Å². The number of carbonyl (C=O) groups excluding carboxylic acids is 2. The molecule has 30 heavy (non-hydrogen) atoms. The zero-order chi connectivity index (χ0) is 21.3. The molecule has 0 radical (unpaired) electrons. The maximum Gasteiger partial charge on any atom is 0.257 e. The highest BCUT2D eigenvalue weighted by Gasteiger charge is 2.37. The number of nitrogens with zero attached hydrogens (tertiary/aromatic N) is 2. The Morgan fingerprint density at radius 2 is 1.97 bits per heavy atom. The molecule has 2 aromatic carbocycles. The summed E-state index contributed by atoms with van der Waals surface area (Å²) in [5.74, 6) is 1.22. The van der Waals surface area contributed by atoms with Gasteiger partial charge in [-0.15, -0.1) is 0 Å². The van der Waals surface area contributed by atoms with E-state index in [-0.39, 0.29) is 18.0 Å². The smallest absolute Gasteiger partial charge is 0.257 e. The number of benzene rings is 2. The molecule has 1 N–H and O–H groups in total. The lowest BCUT2D eigenvalue weighted by Gasteiger charge is -2.46. The van der Waals surface area contributed by atoms with Crippen LogP contribution in [0.2, 0.25) is 0 Å². The van der Waals surface area contributed by atoms with Gasteiger partial charge < -0.3 is 24.6 Å². The zero-order valence-corrected chi connectivity index (χ0v) is 17.6. The lowest BCUT2D eigenvalue weighted by atomic mass is 9.97. The number of amides is 2. The number of hydrogen-bond donors (Lipinski definition) is 1. The average Bonchev–Trinajstić information content (AvgIpc) is 2.80. The van der Waals surface area contributed by atoms with Crippen molar-refractivity contribution in [3.05, 3.63) is 53.1 Å². The summed E-state index contributed by atoms with van der Waals surface area (Å²) in [7, 11) is 5.18. The Morgan fingerprint density at radius 3 is 2.73 bits per heavy atom. The van der Waals surface area contributed by atoms with Crippen molar-refractivity contribution in [3.8, 4) is 11.5 Å². The number of anilines is 1. The number of fused-ring (bicyclic) bond motifs is 2. The van der Waals surface area contributed by atoms with E-state index >= 15 is 0 Å². The van der Waals surface area contributed by atoms with E-state index in [4.69, 9.17) is 9.47 Å². The standard InChI is InChI=1S/C23H27N3O4/c1-25-19-12-15(8-10-18(19)23(28)26-11-5-4-6-21(25)26)22(27)24-14-16-7-9-17(29-2)13-20(16)30-3/h7-10,12-13,21H,4-6,11,14H2,1-3H3,(H,24,27)/t21-/m0/s1. The SMILES string of the molecule is COc1ccc(CNC(=O)c2ccc3c(c2)N(C)[C@@H]2CCCCN2C3=O)c(OC)c1. The van der Waals surface area contributed by atoms with Crippen LogP contribution in [0.4, 0.5) is 5.69 Å². The Kier molecular flexibility index (Phi) is 5.53. The van der Waals surface area contributed by atoms with Gasteiger partial charge in [-0.1, -0.05) is 0 Å². The van der Waals surface area contributed by atoms with E-state index in [1.54, 1.807) is 32.4 Å². The number of rotatable bonds is 5. The molecule has 0 aliphatic carbocycles. The second-order valence-corrected chi connectivity index (χ2v) is 7.68. The molecule has 0 bridgehead atoms. The number of piperidine rings is 1. The highest BCUT2D eigenvalue weighted by molar-refractivity contribution is 6.04. The van der Waals surface area contributed by atoms with Gasteiger partial charge in [-0.05, 0) is 49.6 Å². The number of methoxy groups -OCH3 is 2. The fourth-order valence-electron chi connectivity index (χ4n) is 4.29. The van der Waals surface area contributed by atoms with Crippen LogP contribution in [0.15, 0.2) is 36.4 Å². The first kappa shape index (κ1) is 20.1. The van der Waals surface area contributed by atoms with Crippen LogP contribution in [0, 0.1) is 0 Å². The molecule has 0 unspecified atom stereocenters. The monoisotopic (exact) mass is 409 g/mol. The van der Waals surface area contributed by atoms with E-state index < -0.39 is 0 Å². The molecule has 1 atom stereocenters. The third-order valence-electron chi connectivity index (χ3n) is 5.98. The minimum atomic E-state index is -0.192. The third-order valence-corrected chi connectivity index (χ3v) is 5.98. The summed E-state index contributed by atoms with van der Waals surface area (Å²) in [4.78, 5) is 29.8. The highest BCUT2D eigenvalue weighted by Crippen LogP contribution is 2.34. The van der Waals surface area contributed by atoms with Gasteiger partial charge in [0.1, 0.15) is 17.7 Å². The van der Waals surface area contributed by atoms with Gasteiger partial charge in [-0.25, -0.2) is 0 Å². The average molecular weight is 409 g/mol. The van der Waals surface area contributed by atoms with Gasteiger partial charge in [0.25, 0.3) is 11.8 Å². The lowest BCUT2D eigenvalue weighted by molar-refractivity contribution is 0.0589. The molecule has 2 aliphatic rings. The Labute approximate surface area is 176 Å². The summed E-state index contributed by atoms with van der Waals surface area (Å²) in [6.07, 6.45) is 3.18. The summed E-state index contributed by atoms with van der Waals surface area (Å²) in [5.41, 5.74) is 2.86. The quantitative estimate of drug-likeness (QED) is 0.822. The Bertz CT molecular complexity index is 975. The Hall–Kier alpha value is -3.22. The number of nitrogens with one attached hydrogen (secondary N) is 1. The van der Waals surface area contributed by atoms with Crippen molar-refractivity contribution < 1.29 is 19.1 Å². The summed E-state index contributed by atoms with van der Waals surface area (Å²) in [6, 6.07) is 10.8. The first-order valence-corrected chi connectivity index (χ1v) is 10.2. The Morgan fingerprint density at radius 1 is 1.13 bits per heavy atom. The predicted molar refractivity (Wildman–Crippen MR) is 114 cm³/mol. The fourth-order valence-corrected chi connectivity index (χ4v) is 4.29. The van der Waals surface area contributed by atoms with Crippen LogP contribution < -0.4 is 19.7 Å². The van der Waals surface area contributed by atoms with Gasteiger partial charge in [-0.2, -0.15) is 0 Å². The van der Waals surface area contributed by atoms with Gasteiger partial charge in [0.2, 0.25) is 0 Å². The predicted octanol–water partition coefficient (Wildman–Crippen LogP) is 3.04. The van der Waals surface area contributed by atoms with Crippen LogP contribution in [0.3, 0.4) is 0 Å². The lowest BCUT2D eigenvalue weighted by Crippen LogP contribution is -2.55. The molecule has 0 spiro atoms. The largest absolute Gasteiger partial charge is 0.497 e. The van der Waals surface area contributed by atoms with Gasteiger partial charge in [-0.3, -0.25) is 9.59 Å². The van der Waals surface area contributed by atoms with Gasteiger partial charge >= 0.3 is 0 Å². The van der Waals surface area contributed by atoms with Crippen LogP contribution in [0.5, 0.6) is 11.5 Å². The molecule has 7 nitrogen and oxygen atoms in total. The normalized spacial score (nSPS) is 17.8. The summed E-state index contributed by atoms with van der Waals surface area (Å²) >= 11 is 0. The molecule has 2 amide bonds. The molecular formula is C23H27N3O4. The molecule has 1 saturated heterocycles. The van der Waals surface area contributed by atoms with Crippen LogP contribution in [-0.2, 0) is 6.54 Å². The van der Waals surface area contributed by atoms with E-state index in [0.717, 1.165) is 37.1 Å². The third kappa shape index (κ3) is 3.56. The minimum Gasteiger partial charge on any atom is -0.497 e. The van der Waals surface area contributed by atoms with Gasteiger partial charge in [0.05, 0.1) is 25.5 Å². The van der Waals surface area contributed by atoms with E-state index in [1.807, 2.05) is 30.1 Å². The topological polar surface area (TPSA) is 71.1 Å². The molecule has 1 fully saturated rings. The number of carbonyl (C=O) groups is 2. The molecule has 2 heterocycles. The molecule has 4 rings (SSSR count). The van der Waals surface area contributed by atoms with Crippen molar-refractivity contribution in [3.63, 3.8) is 0 Å². The maximum atomic E-state index is 12.9. The summed E-state index contributed by atoms with van der Waals surface area (Å²) in [6.45, 7) is 1.12. The van der Waals surface area contributed by atoms with Crippen molar-refractivity contribution in [2.45, 2.75) is 32.0 Å². The first-order valence-electron chi connectivity index (χ1n) is 10.2.